The van der Waals surface area contributed by atoms with Gasteiger partial charge in [0.1, 0.15) is 5.82 Å². The van der Waals surface area contributed by atoms with Crippen molar-refractivity contribution in [1.29, 1.82) is 0 Å². The van der Waals surface area contributed by atoms with Gasteiger partial charge < -0.3 is 4.90 Å². The average molecular weight is 368 g/mol. The van der Waals surface area contributed by atoms with Crippen molar-refractivity contribution in [3.05, 3.63) is 57.4 Å². The van der Waals surface area contributed by atoms with Crippen LogP contribution in [-0.2, 0) is 6.42 Å². The van der Waals surface area contributed by atoms with E-state index in [0.29, 0.717) is 0 Å². The summed E-state index contributed by atoms with van der Waals surface area (Å²) in [7, 11) is 2.18. The van der Waals surface area contributed by atoms with E-state index in [4.69, 9.17) is 0 Å². The molecule has 2 rings (SSSR count). The van der Waals surface area contributed by atoms with E-state index in [2.05, 4.69) is 65.6 Å². The molecule has 0 N–H and O–H groups in total. The van der Waals surface area contributed by atoms with Gasteiger partial charge in [-0.15, -0.1) is 0 Å². The summed E-state index contributed by atoms with van der Waals surface area (Å²) in [6, 6.07) is 5.38. The molecule has 0 fully saturated rings. The summed E-state index contributed by atoms with van der Waals surface area (Å²) < 4.78 is 14.2. The average Bonchev–Trinajstić information content (AvgIpc) is 2.56. The van der Waals surface area contributed by atoms with Gasteiger partial charge in [-0.1, -0.05) is 31.6 Å². The molecule has 146 valence electrons. The van der Waals surface area contributed by atoms with E-state index in [1.54, 1.807) is 12.1 Å². The van der Waals surface area contributed by atoms with Crippen molar-refractivity contribution in [2.45, 2.75) is 61.3 Å². The maximum Gasteiger partial charge on any atom is 0.124 e. The smallest absolute Gasteiger partial charge is 0.124 e. The Kier molecular flexibility index (Phi) is 6.86. The summed E-state index contributed by atoms with van der Waals surface area (Å²) in [5, 5.41) is 0. The van der Waals surface area contributed by atoms with E-state index in [-0.39, 0.29) is 5.82 Å². The Labute approximate surface area is 164 Å². The number of nitrogens with zero attached hydrogens (tertiary/aromatic N) is 1. The number of aryl methyl sites for hydroxylation is 1. The summed E-state index contributed by atoms with van der Waals surface area (Å²) >= 11 is 0. The Morgan fingerprint density at radius 3 is 2.22 bits per heavy atom. The Balaban J connectivity index is 2.96. The van der Waals surface area contributed by atoms with Crippen LogP contribution in [0.2, 0.25) is 0 Å². The van der Waals surface area contributed by atoms with Crippen LogP contribution in [0.4, 0.5) is 10.1 Å². The fraction of sp³-hybridized carbons (Fsp3) is 0.440. The van der Waals surface area contributed by atoms with Crippen LogP contribution < -0.4 is 4.90 Å². The van der Waals surface area contributed by atoms with Crippen molar-refractivity contribution in [3.63, 3.8) is 0 Å². The first-order valence-electron chi connectivity index (χ1n) is 10.0. The van der Waals surface area contributed by atoms with Gasteiger partial charge >= 0.3 is 0 Å². The molecule has 0 heterocycles. The molecule has 2 heteroatoms. The molecule has 1 nitrogen and oxygen atoms in total. The lowest BCUT2D eigenvalue weighted by molar-refractivity contribution is 0.627. The molecular formula is C25H34FN. The molecular weight excluding hydrogens is 333 g/mol. The van der Waals surface area contributed by atoms with Gasteiger partial charge in [0.2, 0.25) is 0 Å². The van der Waals surface area contributed by atoms with Gasteiger partial charge in [0.05, 0.1) is 0 Å². The van der Waals surface area contributed by atoms with Crippen molar-refractivity contribution in [3.8, 4) is 11.1 Å². The Bertz CT molecular complexity index is 837. The van der Waals surface area contributed by atoms with E-state index in [9.17, 15) is 4.39 Å². The minimum Gasteiger partial charge on any atom is -0.374 e. The van der Waals surface area contributed by atoms with Gasteiger partial charge in [0.25, 0.3) is 0 Å². The molecule has 0 atom stereocenters. The van der Waals surface area contributed by atoms with E-state index in [1.165, 1.54) is 39.1 Å². The fourth-order valence-corrected chi connectivity index (χ4v) is 4.23. The summed E-state index contributed by atoms with van der Waals surface area (Å²) in [6.07, 6.45) is 4.29. The first kappa shape index (κ1) is 21.2. The molecule has 0 spiro atoms. The van der Waals surface area contributed by atoms with Crippen LogP contribution in [0.1, 0.15) is 61.9 Å². The second-order valence-corrected chi connectivity index (χ2v) is 7.88. The van der Waals surface area contributed by atoms with E-state index in [1.807, 2.05) is 6.92 Å². The quantitative estimate of drug-likeness (QED) is 0.520. The molecule has 0 aliphatic rings. The number of hydrogen-bond acceptors (Lipinski definition) is 1. The largest absolute Gasteiger partial charge is 0.374 e. The van der Waals surface area contributed by atoms with Crippen LogP contribution in [0, 0.1) is 26.6 Å². The van der Waals surface area contributed by atoms with Gasteiger partial charge in [-0.05, 0) is 98.5 Å². The molecule has 2 aromatic rings. The van der Waals surface area contributed by atoms with Crippen LogP contribution in [0.5, 0.6) is 0 Å². The van der Waals surface area contributed by atoms with Crippen molar-refractivity contribution in [1.82, 2.24) is 0 Å². The molecule has 0 aromatic heterocycles. The summed E-state index contributed by atoms with van der Waals surface area (Å²) in [4.78, 5) is 2.37. The van der Waals surface area contributed by atoms with E-state index < -0.39 is 0 Å². The molecule has 0 aliphatic heterocycles. The highest BCUT2D eigenvalue weighted by Crippen LogP contribution is 2.41. The zero-order chi connectivity index (χ0) is 20.3. The predicted molar refractivity (Wildman–Crippen MR) is 118 cm³/mol. The number of allylic oxidation sites excluding steroid dienone is 1. The highest BCUT2D eigenvalue weighted by atomic mass is 19.1. The van der Waals surface area contributed by atoms with Crippen LogP contribution >= 0.6 is 0 Å². The van der Waals surface area contributed by atoms with E-state index >= 15 is 0 Å². The standard InChI is InChI=1S/C25H34FN/c1-9-11-27(8)25-18(6)22(10-2)24(23(19(25)7)12-16(3)4)20-13-17(5)14-21(26)15-20/h12-15H,9-11H2,1-8H3. The molecule has 2 aromatic carbocycles. The minimum atomic E-state index is -0.169. The maximum atomic E-state index is 14.2. The van der Waals surface area contributed by atoms with Gasteiger partial charge in [-0.2, -0.15) is 0 Å². The van der Waals surface area contributed by atoms with Crippen molar-refractivity contribution >= 4 is 11.8 Å². The number of anilines is 1. The highest BCUT2D eigenvalue weighted by molar-refractivity contribution is 5.86. The lowest BCUT2D eigenvalue weighted by Crippen LogP contribution is -2.21. The zero-order valence-corrected chi connectivity index (χ0v) is 18.3. The first-order chi connectivity index (χ1) is 12.7. The number of benzene rings is 2. The lowest BCUT2D eigenvalue weighted by Gasteiger charge is -2.29. The molecule has 0 saturated carbocycles. The Morgan fingerprint density at radius 1 is 1.04 bits per heavy atom. The summed E-state index contributed by atoms with van der Waals surface area (Å²) in [5.74, 6) is -0.169. The van der Waals surface area contributed by atoms with Crippen LogP contribution in [-0.4, -0.2) is 13.6 Å². The second kappa shape index (κ2) is 8.73. The van der Waals surface area contributed by atoms with E-state index in [0.717, 1.165) is 30.5 Å². The first-order valence-corrected chi connectivity index (χ1v) is 10.0. The number of rotatable bonds is 6. The van der Waals surface area contributed by atoms with Gasteiger partial charge in [-0.25, -0.2) is 4.39 Å². The summed E-state index contributed by atoms with van der Waals surface area (Å²) in [5.41, 5.74) is 10.8. The Morgan fingerprint density at radius 2 is 1.70 bits per heavy atom. The molecule has 0 bridgehead atoms. The second-order valence-electron chi connectivity index (χ2n) is 7.88. The number of halogens is 1. The van der Waals surface area contributed by atoms with Crippen molar-refractivity contribution < 1.29 is 4.39 Å². The third-order valence-electron chi connectivity index (χ3n) is 5.20. The Hall–Kier alpha value is -2.09. The minimum absolute atomic E-state index is 0.169. The van der Waals surface area contributed by atoms with Crippen molar-refractivity contribution in [2.75, 3.05) is 18.5 Å². The predicted octanol–water partition coefficient (Wildman–Crippen LogP) is 7.25. The lowest BCUT2D eigenvalue weighted by atomic mass is 9.84. The third-order valence-corrected chi connectivity index (χ3v) is 5.20. The molecule has 0 saturated heterocycles. The highest BCUT2D eigenvalue weighted by Gasteiger charge is 2.21. The maximum absolute atomic E-state index is 14.2. The third kappa shape index (κ3) is 4.43. The van der Waals surface area contributed by atoms with Crippen LogP contribution in [0.3, 0.4) is 0 Å². The molecule has 0 amide bonds. The zero-order valence-electron chi connectivity index (χ0n) is 18.3. The summed E-state index contributed by atoms with van der Waals surface area (Å²) in [6.45, 7) is 16.1. The molecule has 0 radical (unpaired) electrons. The SMILES string of the molecule is CCCN(C)c1c(C)c(C=C(C)C)c(-c2cc(C)cc(F)c2)c(CC)c1C. The molecule has 0 unspecified atom stereocenters. The monoisotopic (exact) mass is 367 g/mol. The van der Waals surface area contributed by atoms with Gasteiger partial charge in [0.15, 0.2) is 0 Å². The molecule has 27 heavy (non-hydrogen) atoms. The number of hydrogen-bond donors (Lipinski definition) is 0. The van der Waals surface area contributed by atoms with Gasteiger partial charge in [-0.3, -0.25) is 0 Å². The topological polar surface area (TPSA) is 3.24 Å². The van der Waals surface area contributed by atoms with Gasteiger partial charge in [0, 0.05) is 19.3 Å². The fourth-order valence-electron chi connectivity index (χ4n) is 4.23. The van der Waals surface area contributed by atoms with Crippen LogP contribution in [0.25, 0.3) is 17.2 Å². The van der Waals surface area contributed by atoms with Crippen LogP contribution in [0.15, 0.2) is 23.8 Å². The normalized spacial score (nSPS) is 10.9. The molecule has 0 aliphatic carbocycles. The van der Waals surface area contributed by atoms with Crippen molar-refractivity contribution in [2.24, 2.45) is 0 Å².